The minimum atomic E-state index is 0.778. The Kier molecular flexibility index (Phi) is 1.67. The molecule has 0 aromatic rings. The summed E-state index contributed by atoms with van der Waals surface area (Å²) in [6.07, 6.45) is 6.00. The number of hydrogen-bond acceptors (Lipinski definition) is 1. The van der Waals surface area contributed by atoms with Crippen LogP contribution in [0.2, 0.25) is 0 Å². The highest BCUT2D eigenvalue weighted by molar-refractivity contribution is 5.71. The molecule has 0 N–H and O–H groups in total. The molecule has 2 nitrogen and oxygen atoms in total. The van der Waals surface area contributed by atoms with Crippen molar-refractivity contribution in [2.24, 2.45) is 5.10 Å². The van der Waals surface area contributed by atoms with Crippen molar-refractivity contribution >= 4 is 6.21 Å². The summed E-state index contributed by atoms with van der Waals surface area (Å²) in [5.74, 6) is 0. The second-order valence-electron chi connectivity index (χ2n) is 2.23. The van der Waals surface area contributed by atoms with Gasteiger partial charge in [0.2, 0.25) is 0 Å². The van der Waals surface area contributed by atoms with Gasteiger partial charge in [-0.05, 0) is 13.8 Å². The van der Waals surface area contributed by atoms with E-state index in [1.54, 1.807) is 0 Å². The van der Waals surface area contributed by atoms with Crippen molar-refractivity contribution in [3.63, 3.8) is 0 Å². The third kappa shape index (κ3) is 1.03. The van der Waals surface area contributed by atoms with Gasteiger partial charge >= 0.3 is 0 Å². The van der Waals surface area contributed by atoms with Crippen LogP contribution in [0.3, 0.4) is 0 Å². The minimum Gasteiger partial charge on any atom is -0.173 e. The van der Waals surface area contributed by atoms with Crippen molar-refractivity contribution in [3.8, 4) is 0 Å². The molecule has 9 heavy (non-hydrogen) atoms. The minimum absolute atomic E-state index is 0.778. The van der Waals surface area contributed by atoms with Gasteiger partial charge in [-0.2, -0.15) is 4.59 Å². The molecule has 0 spiro atoms. The molecule has 1 aliphatic heterocycles. The SMILES string of the molecule is CC[N+]1(CC)C=CC=N1. The van der Waals surface area contributed by atoms with E-state index in [1.807, 2.05) is 12.3 Å². The Morgan fingerprint density at radius 2 is 2.00 bits per heavy atom. The zero-order valence-corrected chi connectivity index (χ0v) is 6.04. The van der Waals surface area contributed by atoms with Crippen molar-refractivity contribution in [3.05, 3.63) is 12.3 Å². The third-order valence-corrected chi connectivity index (χ3v) is 1.84. The maximum Gasteiger partial charge on any atom is 0.124 e. The van der Waals surface area contributed by atoms with Crippen LogP contribution in [0.4, 0.5) is 0 Å². The molecule has 0 fully saturated rings. The van der Waals surface area contributed by atoms with Gasteiger partial charge in [0.15, 0.2) is 0 Å². The molecule has 0 aromatic carbocycles. The summed E-state index contributed by atoms with van der Waals surface area (Å²) in [6.45, 7) is 6.42. The van der Waals surface area contributed by atoms with Gasteiger partial charge in [-0.15, -0.1) is 0 Å². The number of quaternary nitrogens is 1. The van der Waals surface area contributed by atoms with E-state index in [0.717, 1.165) is 17.7 Å². The van der Waals surface area contributed by atoms with Gasteiger partial charge in [-0.3, -0.25) is 0 Å². The van der Waals surface area contributed by atoms with Crippen molar-refractivity contribution in [2.75, 3.05) is 13.1 Å². The molecular weight excluding hydrogens is 112 g/mol. The van der Waals surface area contributed by atoms with Crippen molar-refractivity contribution < 1.29 is 4.59 Å². The topological polar surface area (TPSA) is 12.4 Å². The Morgan fingerprint density at radius 1 is 1.33 bits per heavy atom. The van der Waals surface area contributed by atoms with E-state index in [1.165, 1.54) is 0 Å². The van der Waals surface area contributed by atoms with Gasteiger partial charge in [0.1, 0.15) is 19.3 Å². The van der Waals surface area contributed by atoms with Crippen LogP contribution < -0.4 is 0 Å². The van der Waals surface area contributed by atoms with E-state index in [9.17, 15) is 0 Å². The van der Waals surface area contributed by atoms with Crippen LogP contribution in [0.25, 0.3) is 0 Å². The van der Waals surface area contributed by atoms with Gasteiger partial charge in [0.05, 0.1) is 6.21 Å². The lowest BCUT2D eigenvalue weighted by Crippen LogP contribution is -2.34. The fraction of sp³-hybridized carbons (Fsp3) is 0.571. The van der Waals surface area contributed by atoms with E-state index in [4.69, 9.17) is 0 Å². The molecule has 1 rings (SSSR count). The second kappa shape index (κ2) is 2.31. The largest absolute Gasteiger partial charge is 0.173 e. The first kappa shape index (κ1) is 6.49. The number of hydrogen-bond donors (Lipinski definition) is 0. The van der Waals surface area contributed by atoms with Crippen LogP contribution in [0.1, 0.15) is 13.8 Å². The summed E-state index contributed by atoms with van der Waals surface area (Å²) in [5, 5.41) is 4.31. The second-order valence-corrected chi connectivity index (χ2v) is 2.23. The molecule has 0 unspecified atom stereocenters. The fourth-order valence-electron chi connectivity index (χ4n) is 1.01. The maximum atomic E-state index is 4.31. The van der Waals surface area contributed by atoms with Crippen LogP contribution in [0.15, 0.2) is 17.4 Å². The Bertz CT molecular complexity index is 129. The maximum absolute atomic E-state index is 4.31. The summed E-state index contributed by atoms with van der Waals surface area (Å²) >= 11 is 0. The highest BCUT2D eigenvalue weighted by Crippen LogP contribution is 2.11. The predicted molar refractivity (Wildman–Crippen MR) is 39.0 cm³/mol. The number of rotatable bonds is 2. The predicted octanol–water partition coefficient (Wildman–Crippen LogP) is 1.36. The molecule has 0 saturated carbocycles. The molecule has 50 valence electrons. The van der Waals surface area contributed by atoms with E-state index in [0.29, 0.717) is 0 Å². The van der Waals surface area contributed by atoms with Gasteiger partial charge in [-0.1, -0.05) is 5.10 Å². The lowest BCUT2D eigenvalue weighted by atomic mass is 10.5. The van der Waals surface area contributed by atoms with Crippen LogP contribution in [-0.4, -0.2) is 23.9 Å². The monoisotopic (exact) mass is 125 g/mol. The van der Waals surface area contributed by atoms with Gasteiger partial charge < -0.3 is 0 Å². The third-order valence-electron chi connectivity index (χ3n) is 1.84. The van der Waals surface area contributed by atoms with Gasteiger partial charge in [-0.25, -0.2) is 0 Å². The lowest BCUT2D eigenvalue weighted by Gasteiger charge is -2.21. The lowest BCUT2D eigenvalue weighted by molar-refractivity contribution is -0.880. The normalized spacial score (nSPS) is 21.1. The smallest absolute Gasteiger partial charge is 0.124 e. The Balaban J connectivity index is 2.69. The highest BCUT2D eigenvalue weighted by Gasteiger charge is 2.20. The van der Waals surface area contributed by atoms with Crippen molar-refractivity contribution in [1.29, 1.82) is 0 Å². The Morgan fingerprint density at radius 3 is 2.22 bits per heavy atom. The van der Waals surface area contributed by atoms with E-state index in [2.05, 4.69) is 25.1 Å². The molecule has 0 aromatic heterocycles. The molecule has 0 saturated heterocycles. The van der Waals surface area contributed by atoms with E-state index < -0.39 is 0 Å². The Labute approximate surface area is 56.1 Å². The van der Waals surface area contributed by atoms with E-state index >= 15 is 0 Å². The zero-order chi connectivity index (χ0) is 6.74. The average Bonchev–Trinajstić information content (AvgIpc) is 2.36. The van der Waals surface area contributed by atoms with Crippen LogP contribution in [-0.2, 0) is 0 Å². The van der Waals surface area contributed by atoms with Crippen LogP contribution in [0, 0.1) is 0 Å². The zero-order valence-electron chi connectivity index (χ0n) is 6.04. The highest BCUT2D eigenvalue weighted by atomic mass is 15.6. The summed E-state index contributed by atoms with van der Waals surface area (Å²) in [4.78, 5) is 0. The van der Waals surface area contributed by atoms with Crippen molar-refractivity contribution in [1.82, 2.24) is 0 Å². The number of nitrogens with zero attached hydrogens (tertiary/aromatic N) is 2. The van der Waals surface area contributed by atoms with Crippen LogP contribution in [0.5, 0.6) is 0 Å². The average molecular weight is 125 g/mol. The first-order valence-electron chi connectivity index (χ1n) is 3.43. The van der Waals surface area contributed by atoms with Gasteiger partial charge in [0, 0.05) is 6.08 Å². The summed E-state index contributed by atoms with van der Waals surface area (Å²) in [7, 11) is 0. The molecule has 1 aliphatic rings. The molecule has 0 atom stereocenters. The molecule has 0 radical (unpaired) electrons. The van der Waals surface area contributed by atoms with Crippen LogP contribution >= 0.6 is 0 Å². The molecule has 2 heteroatoms. The van der Waals surface area contributed by atoms with Gasteiger partial charge in [0.25, 0.3) is 0 Å². The first-order chi connectivity index (χ1) is 4.33. The standard InChI is InChI=1S/C7H13N2/c1-3-9(4-2)7-5-6-8-9/h5-7H,3-4H2,1-2H3/q+1. The quantitative estimate of drug-likeness (QED) is 0.494. The molecule has 0 amide bonds. The number of allylic oxidation sites excluding steroid dienone is 1. The van der Waals surface area contributed by atoms with Crippen molar-refractivity contribution in [2.45, 2.75) is 13.8 Å². The molecule has 0 bridgehead atoms. The molecule has 0 aliphatic carbocycles. The fourth-order valence-corrected chi connectivity index (χ4v) is 1.01. The first-order valence-corrected chi connectivity index (χ1v) is 3.43. The summed E-state index contributed by atoms with van der Waals surface area (Å²) in [6, 6.07) is 0. The summed E-state index contributed by atoms with van der Waals surface area (Å²) < 4.78 is 0.778. The summed E-state index contributed by atoms with van der Waals surface area (Å²) in [5.41, 5.74) is 0. The molecular formula is C7H13N2+. The molecule has 1 heterocycles. The van der Waals surface area contributed by atoms with E-state index in [-0.39, 0.29) is 0 Å². The Hall–Kier alpha value is -0.630.